The fraction of sp³-hybridized carbons (Fsp3) is 1.00. The Bertz CT molecular complexity index is 456. The molecule has 0 aliphatic carbocycles. The molecule has 0 aliphatic heterocycles. The summed E-state index contributed by atoms with van der Waals surface area (Å²) in [6, 6.07) is 0. The van der Waals surface area contributed by atoms with Crippen LogP contribution in [0, 0.1) is 10.8 Å². The average molecular weight is 492 g/mol. The van der Waals surface area contributed by atoms with Gasteiger partial charge in [0.05, 0.1) is 0 Å². The van der Waals surface area contributed by atoms with Crippen molar-refractivity contribution in [2.75, 3.05) is 19.6 Å². The maximum atomic E-state index is 6.49. The molecule has 160 valence electrons. The number of hydrogen-bond donors (Lipinski definition) is 2. The topological polar surface area (TPSA) is 58.5 Å². The van der Waals surface area contributed by atoms with Gasteiger partial charge >= 0.3 is 0 Å². The first-order valence-electron chi connectivity index (χ1n) is 10.3. The SMILES string of the molecule is [B]N(CCC(C)(C)N)C(C)(C)C(C)(C)CCN(I)C(C)(C)C(C)(C)CCN. The van der Waals surface area contributed by atoms with Crippen molar-refractivity contribution in [1.29, 1.82) is 0 Å². The van der Waals surface area contributed by atoms with E-state index < -0.39 is 0 Å². The van der Waals surface area contributed by atoms with Gasteiger partial charge in [-0.05, 0) is 84.7 Å². The van der Waals surface area contributed by atoms with E-state index in [0.29, 0.717) is 0 Å². The van der Waals surface area contributed by atoms with Gasteiger partial charge in [-0.25, -0.2) is 3.11 Å². The van der Waals surface area contributed by atoms with Gasteiger partial charge in [-0.15, -0.1) is 0 Å². The van der Waals surface area contributed by atoms with Gasteiger partial charge in [0.1, 0.15) is 0 Å². The van der Waals surface area contributed by atoms with Crippen molar-refractivity contribution in [2.24, 2.45) is 22.3 Å². The Balaban J connectivity index is 5.08. The van der Waals surface area contributed by atoms with Crippen molar-refractivity contribution in [1.82, 2.24) is 7.92 Å². The maximum Gasteiger partial charge on any atom is 0.183 e. The first kappa shape index (κ1) is 27.6. The predicted molar refractivity (Wildman–Crippen MR) is 130 cm³/mol. The van der Waals surface area contributed by atoms with Gasteiger partial charge in [-0.2, -0.15) is 0 Å². The average Bonchev–Trinajstić information content (AvgIpc) is 2.48. The van der Waals surface area contributed by atoms with E-state index in [1.807, 2.05) is 4.81 Å². The lowest BCUT2D eigenvalue weighted by atomic mass is 9.69. The second-order valence-electron chi connectivity index (χ2n) is 11.2. The van der Waals surface area contributed by atoms with Crippen LogP contribution in [0.1, 0.15) is 88.5 Å². The fourth-order valence-corrected chi connectivity index (χ4v) is 3.93. The molecule has 0 aromatic carbocycles. The summed E-state index contributed by atoms with van der Waals surface area (Å²) >= 11 is 2.49. The Labute approximate surface area is 185 Å². The molecule has 27 heavy (non-hydrogen) atoms. The van der Waals surface area contributed by atoms with Crippen LogP contribution < -0.4 is 11.5 Å². The zero-order chi connectivity index (χ0) is 21.9. The van der Waals surface area contributed by atoms with Crippen LogP contribution in [-0.2, 0) is 0 Å². The smallest absolute Gasteiger partial charge is 0.183 e. The van der Waals surface area contributed by atoms with Crippen LogP contribution in [0.25, 0.3) is 0 Å². The molecule has 0 bridgehead atoms. The van der Waals surface area contributed by atoms with E-state index in [0.717, 1.165) is 38.9 Å². The summed E-state index contributed by atoms with van der Waals surface area (Å²) in [7, 11) is 6.49. The standard InChI is InChI=1S/C21H46BIN4/c1-17(2,11-14-24)21(9,10)27(23)16-12-18(3,4)20(7,8)26(22)15-13-19(5,6)25/h11-16,24-25H2,1-10H3. The van der Waals surface area contributed by atoms with Crippen molar-refractivity contribution >= 4 is 30.8 Å². The van der Waals surface area contributed by atoms with E-state index in [9.17, 15) is 0 Å². The maximum absolute atomic E-state index is 6.49. The molecule has 4 N–H and O–H groups in total. The second kappa shape index (κ2) is 9.63. The normalized spacial score (nSPS) is 15.1. The Morgan fingerprint density at radius 1 is 0.741 bits per heavy atom. The highest BCUT2D eigenvalue weighted by molar-refractivity contribution is 14.1. The largest absolute Gasteiger partial charge is 0.348 e. The summed E-state index contributed by atoms with van der Waals surface area (Å²) in [6.07, 6.45) is 2.95. The molecule has 0 aromatic heterocycles. The molecule has 0 aliphatic rings. The lowest BCUT2D eigenvalue weighted by Gasteiger charge is -2.51. The third-order valence-corrected chi connectivity index (χ3v) is 9.03. The molecule has 2 radical (unpaired) electrons. The zero-order valence-electron chi connectivity index (χ0n) is 19.7. The van der Waals surface area contributed by atoms with Crippen LogP contribution >= 0.6 is 22.9 Å². The molecule has 6 heteroatoms. The number of halogens is 1. The molecule has 0 unspecified atom stereocenters. The molecule has 0 spiro atoms. The predicted octanol–water partition coefficient (Wildman–Crippen LogP) is 4.50. The number of nitrogens with two attached hydrogens (primary N) is 2. The lowest BCUT2D eigenvalue weighted by molar-refractivity contribution is 0.0406. The van der Waals surface area contributed by atoms with Crippen LogP contribution in [0.4, 0.5) is 0 Å². The van der Waals surface area contributed by atoms with Gasteiger partial charge in [0.15, 0.2) is 7.98 Å². The number of rotatable bonds is 12. The lowest BCUT2D eigenvalue weighted by Crippen LogP contribution is -2.56. The van der Waals surface area contributed by atoms with Gasteiger partial charge in [0, 0.05) is 46.0 Å². The minimum absolute atomic E-state index is 0.0536. The van der Waals surface area contributed by atoms with Crippen molar-refractivity contribution in [3.05, 3.63) is 0 Å². The molecule has 0 rings (SSSR count). The highest BCUT2D eigenvalue weighted by Crippen LogP contribution is 2.43. The van der Waals surface area contributed by atoms with Crippen molar-refractivity contribution in [3.63, 3.8) is 0 Å². The summed E-state index contributed by atoms with van der Waals surface area (Å²) < 4.78 is 2.46. The summed E-state index contributed by atoms with van der Waals surface area (Å²) in [6.45, 7) is 25.1. The van der Waals surface area contributed by atoms with Gasteiger partial charge in [0.25, 0.3) is 0 Å². The first-order chi connectivity index (χ1) is 11.8. The van der Waals surface area contributed by atoms with Crippen molar-refractivity contribution in [2.45, 2.75) is 105 Å². The Hall–Kier alpha value is 0.635. The van der Waals surface area contributed by atoms with Crippen LogP contribution in [0.5, 0.6) is 0 Å². The van der Waals surface area contributed by atoms with Crippen LogP contribution in [-0.4, -0.2) is 52.2 Å². The summed E-state index contributed by atoms with van der Waals surface area (Å²) in [4.78, 5) is 1.99. The van der Waals surface area contributed by atoms with E-state index >= 15 is 0 Å². The van der Waals surface area contributed by atoms with Crippen molar-refractivity contribution in [3.8, 4) is 0 Å². The highest BCUT2D eigenvalue weighted by Gasteiger charge is 2.43. The summed E-state index contributed by atoms with van der Waals surface area (Å²) in [5.41, 5.74) is 11.9. The minimum Gasteiger partial charge on any atom is -0.348 e. The molecule has 0 amide bonds. The molecular weight excluding hydrogens is 446 g/mol. The van der Waals surface area contributed by atoms with Crippen LogP contribution in [0.15, 0.2) is 0 Å². The first-order valence-corrected chi connectivity index (χ1v) is 11.2. The molecule has 0 atom stereocenters. The molecule has 0 heterocycles. The van der Waals surface area contributed by atoms with Gasteiger partial charge < -0.3 is 16.3 Å². The van der Waals surface area contributed by atoms with Gasteiger partial charge in [0.2, 0.25) is 0 Å². The third kappa shape index (κ3) is 7.43. The number of hydrogen-bond acceptors (Lipinski definition) is 4. The van der Waals surface area contributed by atoms with E-state index in [1.54, 1.807) is 0 Å². The van der Waals surface area contributed by atoms with Gasteiger partial charge in [-0.1, -0.05) is 27.7 Å². The van der Waals surface area contributed by atoms with E-state index in [2.05, 4.69) is 95.2 Å². The van der Waals surface area contributed by atoms with Crippen LogP contribution in [0.2, 0.25) is 0 Å². The zero-order valence-corrected chi connectivity index (χ0v) is 21.9. The fourth-order valence-electron chi connectivity index (χ4n) is 3.04. The summed E-state index contributed by atoms with van der Waals surface area (Å²) in [5.74, 6) is 0. The number of nitrogens with zero attached hydrogens (tertiary/aromatic N) is 2. The molecular formula is C21H46BIN4. The second-order valence-corrected chi connectivity index (χ2v) is 12.4. The van der Waals surface area contributed by atoms with E-state index in [4.69, 9.17) is 19.4 Å². The van der Waals surface area contributed by atoms with E-state index in [-0.39, 0.29) is 27.4 Å². The molecule has 4 nitrogen and oxygen atoms in total. The summed E-state index contributed by atoms with van der Waals surface area (Å²) in [5, 5.41) is 0. The van der Waals surface area contributed by atoms with E-state index in [1.165, 1.54) is 0 Å². The quantitative estimate of drug-likeness (QED) is 0.239. The van der Waals surface area contributed by atoms with Gasteiger partial charge in [-0.3, -0.25) is 0 Å². The molecule has 0 aromatic rings. The van der Waals surface area contributed by atoms with Crippen molar-refractivity contribution < 1.29 is 0 Å². The molecule has 0 saturated carbocycles. The molecule has 0 fully saturated rings. The third-order valence-electron chi connectivity index (χ3n) is 7.34. The van der Waals surface area contributed by atoms with Crippen LogP contribution in [0.3, 0.4) is 0 Å². The Morgan fingerprint density at radius 2 is 1.19 bits per heavy atom. The minimum atomic E-state index is -0.199. The Morgan fingerprint density at radius 3 is 1.59 bits per heavy atom. The highest BCUT2D eigenvalue weighted by atomic mass is 127. The Kier molecular flexibility index (Phi) is 9.86. The molecule has 0 saturated heterocycles. The monoisotopic (exact) mass is 492 g/mol.